The lowest BCUT2D eigenvalue weighted by Gasteiger charge is -2.13. The highest BCUT2D eigenvalue weighted by Gasteiger charge is 2.32. The number of hydrogen-bond donors (Lipinski definition) is 0. The van der Waals surface area contributed by atoms with Crippen LogP contribution in [0.25, 0.3) is 23.0 Å². The number of methoxy groups -OCH3 is 1. The van der Waals surface area contributed by atoms with Gasteiger partial charge in [-0.15, -0.1) is 0 Å². The first kappa shape index (κ1) is 24.2. The smallest absolute Gasteiger partial charge is 0.266 e. The van der Waals surface area contributed by atoms with Gasteiger partial charge < -0.3 is 9.47 Å². The van der Waals surface area contributed by atoms with Crippen molar-refractivity contribution in [2.24, 2.45) is 0 Å². The first-order valence-electron chi connectivity index (χ1n) is 11.2. The summed E-state index contributed by atoms with van der Waals surface area (Å²) in [7, 11) is 1.65. The van der Waals surface area contributed by atoms with Crippen LogP contribution in [0.3, 0.4) is 0 Å². The molecule has 0 saturated carbocycles. The molecule has 0 bridgehead atoms. The van der Waals surface area contributed by atoms with Crippen molar-refractivity contribution < 1.29 is 14.3 Å². The van der Waals surface area contributed by atoms with Crippen LogP contribution in [0.15, 0.2) is 65.7 Å². The number of hydrogen-bond acceptors (Lipinski definition) is 6. The molecule has 0 radical (unpaired) electrons. The topological polar surface area (TPSA) is 56.6 Å². The quantitative estimate of drug-likeness (QED) is 0.209. The molecule has 0 N–H and O–H groups in total. The fourth-order valence-electron chi connectivity index (χ4n) is 3.56. The number of ether oxygens (including phenoxy) is 2. The molecule has 0 spiro atoms. The molecule has 3 aromatic rings. The second kappa shape index (κ2) is 11.5. The first-order chi connectivity index (χ1) is 16.6. The van der Waals surface area contributed by atoms with Crippen molar-refractivity contribution in [3.05, 3.63) is 71.3 Å². The molecule has 0 aliphatic carbocycles. The van der Waals surface area contributed by atoms with E-state index in [0.29, 0.717) is 29.0 Å². The fourth-order valence-corrected chi connectivity index (χ4v) is 4.86. The molecule has 1 aliphatic heterocycles. The van der Waals surface area contributed by atoms with Crippen molar-refractivity contribution >= 4 is 40.3 Å². The number of carbonyl (C=O) groups excluding carboxylic acids is 1. The van der Waals surface area contributed by atoms with Gasteiger partial charge in [0.25, 0.3) is 5.91 Å². The number of amides is 1. The second-order valence-corrected chi connectivity index (χ2v) is 9.44. The molecule has 1 saturated heterocycles. The van der Waals surface area contributed by atoms with Gasteiger partial charge in [0.05, 0.1) is 22.9 Å². The van der Waals surface area contributed by atoms with E-state index >= 15 is 0 Å². The number of rotatable bonds is 10. The predicted octanol–water partition coefficient (Wildman–Crippen LogP) is 5.57. The molecular weight excluding hydrogens is 466 g/mol. The average Bonchev–Trinajstić information content (AvgIpc) is 3.40. The maximum atomic E-state index is 13.0. The predicted molar refractivity (Wildman–Crippen MR) is 141 cm³/mol. The Bertz CT molecular complexity index is 1170. The van der Waals surface area contributed by atoms with Crippen molar-refractivity contribution in [1.29, 1.82) is 0 Å². The molecule has 0 atom stereocenters. The van der Waals surface area contributed by atoms with Crippen LogP contribution in [0, 0.1) is 0 Å². The number of para-hydroxylation sites is 1. The first-order valence-corrected chi connectivity index (χ1v) is 12.5. The average molecular weight is 494 g/mol. The van der Waals surface area contributed by atoms with E-state index in [1.807, 2.05) is 71.6 Å². The normalized spacial score (nSPS) is 14.9. The molecule has 1 fully saturated rings. The van der Waals surface area contributed by atoms with E-state index in [4.69, 9.17) is 26.8 Å². The lowest BCUT2D eigenvalue weighted by atomic mass is 10.1. The minimum Gasteiger partial charge on any atom is -0.494 e. The maximum Gasteiger partial charge on any atom is 0.266 e. The van der Waals surface area contributed by atoms with E-state index in [1.54, 1.807) is 12.0 Å². The van der Waals surface area contributed by atoms with Gasteiger partial charge in [0, 0.05) is 37.6 Å². The maximum absolute atomic E-state index is 13.0. The molecule has 1 amide bonds. The largest absolute Gasteiger partial charge is 0.494 e. The monoisotopic (exact) mass is 493 g/mol. The minimum absolute atomic E-state index is 0.0761. The highest BCUT2D eigenvalue weighted by molar-refractivity contribution is 8.26. The molecule has 1 aliphatic rings. The van der Waals surface area contributed by atoms with Gasteiger partial charge in [0.15, 0.2) is 0 Å². The van der Waals surface area contributed by atoms with Crippen LogP contribution >= 0.6 is 24.0 Å². The van der Waals surface area contributed by atoms with Crippen LogP contribution in [-0.4, -0.2) is 51.8 Å². The van der Waals surface area contributed by atoms with E-state index in [2.05, 4.69) is 6.92 Å². The third kappa shape index (κ3) is 5.58. The van der Waals surface area contributed by atoms with Crippen LogP contribution in [0.2, 0.25) is 0 Å². The third-order valence-corrected chi connectivity index (χ3v) is 6.63. The third-order valence-electron chi connectivity index (χ3n) is 5.25. The summed E-state index contributed by atoms with van der Waals surface area (Å²) in [4.78, 5) is 15.3. The number of benzene rings is 2. The Morgan fingerprint density at radius 3 is 2.56 bits per heavy atom. The van der Waals surface area contributed by atoms with Crippen LogP contribution in [0.5, 0.6) is 5.75 Å². The van der Waals surface area contributed by atoms with Crippen LogP contribution < -0.4 is 4.74 Å². The fraction of sp³-hybridized carbons (Fsp3) is 0.269. The summed E-state index contributed by atoms with van der Waals surface area (Å²) in [5, 5.41) is 4.86. The van der Waals surface area contributed by atoms with Crippen LogP contribution in [-0.2, 0) is 9.53 Å². The zero-order valence-electron chi connectivity index (χ0n) is 19.3. The van der Waals surface area contributed by atoms with Gasteiger partial charge >= 0.3 is 0 Å². The molecule has 176 valence electrons. The highest BCUT2D eigenvalue weighted by atomic mass is 32.2. The molecule has 1 aromatic heterocycles. The van der Waals surface area contributed by atoms with Gasteiger partial charge in [-0.3, -0.25) is 9.69 Å². The number of nitrogens with zero attached hydrogens (tertiary/aromatic N) is 3. The van der Waals surface area contributed by atoms with Crippen molar-refractivity contribution in [1.82, 2.24) is 14.7 Å². The SMILES string of the molecule is CCCOc1ccc(-c2nn(-c3ccccc3)cc2/C=C2\SC(=S)N(CCCOC)C2=O)cc1. The van der Waals surface area contributed by atoms with Gasteiger partial charge in [0.2, 0.25) is 0 Å². The van der Waals surface area contributed by atoms with Gasteiger partial charge in [-0.1, -0.05) is 49.1 Å². The minimum atomic E-state index is -0.0761. The Hall–Kier alpha value is -2.94. The Morgan fingerprint density at radius 2 is 1.85 bits per heavy atom. The molecular formula is C26H27N3O3S2. The van der Waals surface area contributed by atoms with E-state index in [-0.39, 0.29) is 5.91 Å². The van der Waals surface area contributed by atoms with Gasteiger partial charge in [-0.25, -0.2) is 4.68 Å². The van der Waals surface area contributed by atoms with Gasteiger partial charge in [-0.05, 0) is 55.3 Å². The van der Waals surface area contributed by atoms with E-state index < -0.39 is 0 Å². The van der Waals surface area contributed by atoms with Crippen molar-refractivity contribution in [2.45, 2.75) is 19.8 Å². The molecule has 2 aromatic carbocycles. The lowest BCUT2D eigenvalue weighted by molar-refractivity contribution is -0.122. The second-order valence-electron chi connectivity index (χ2n) is 7.77. The summed E-state index contributed by atoms with van der Waals surface area (Å²) in [6.45, 7) is 3.89. The summed E-state index contributed by atoms with van der Waals surface area (Å²) in [6.07, 6.45) is 5.53. The summed E-state index contributed by atoms with van der Waals surface area (Å²) >= 11 is 6.80. The Kier molecular flexibility index (Phi) is 8.16. The van der Waals surface area contributed by atoms with Crippen molar-refractivity contribution in [3.63, 3.8) is 0 Å². The molecule has 2 heterocycles. The number of thioether (sulfide) groups is 1. The van der Waals surface area contributed by atoms with Crippen LogP contribution in [0.4, 0.5) is 0 Å². The Morgan fingerprint density at radius 1 is 1.09 bits per heavy atom. The van der Waals surface area contributed by atoms with Crippen molar-refractivity contribution in [3.8, 4) is 22.7 Å². The summed E-state index contributed by atoms with van der Waals surface area (Å²) in [5.41, 5.74) is 3.53. The molecule has 6 nitrogen and oxygen atoms in total. The summed E-state index contributed by atoms with van der Waals surface area (Å²) < 4.78 is 13.2. The van der Waals surface area contributed by atoms with Gasteiger partial charge in [-0.2, -0.15) is 5.10 Å². The Labute approximate surface area is 209 Å². The summed E-state index contributed by atoms with van der Waals surface area (Å²) in [5.74, 6) is 0.749. The Balaban J connectivity index is 1.68. The molecule has 4 rings (SSSR count). The highest BCUT2D eigenvalue weighted by Crippen LogP contribution is 2.35. The van der Waals surface area contributed by atoms with Gasteiger partial charge in [0.1, 0.15) is 10.1 Å². The zero-order chi connectivity index (χ0) is 23.9. The van der Waals surface area contributed by atoms with Crippen LogP contribution in [0.1, 0.15) is 25.3 Å². The van der Waals surface area contributed by atoms with Crippen molar-refractivity contribution in [2.75, 3.05) is 26.9 Å². The molecule has 34 heavy (non-hydrogen) atoms. The molecule has 8 heteroatoms. The number of carbonyl (C=O) groups is 1. The lowest BCUT2D eigenvalue weighted by Crippen LogP contribution is -2.29. The summed E-state index contributed by atoms with van der Waals surface area (Å²) in [6, 6.07) is 17.8. The van der Waals surface area contributed by atoms with E-state index in [1.165, 1.54) is 11.8 Å². The zero-order valence-corrected chi connectivity index (χ0v) is 20.9. The van der Waals surface area contributed by atoms with E-state index in [0.717, 1.165) is 41.1 Å². The standard InChI is InChI=1S/C26H27N3O3S2/c1-3-15-32-22-12-10-19(11-13-22)24-20(18-29(27-24)21-8-5-4-6-9-21)17-23-25(30)28(26(33)34-23)14-7-16-31-2/h4-6,8-13,17-18H,3,7,14-16H2,1-2H3/b23-17-. The number of thiocarbonyl (C=S) groups is 1. The number of aromatic nitrogens is 2. The van der Waals surface area contributed by atoms with E-state index in [9.17, 15) is 4.79 Å². The molecule has 0 unspecified atom stereocenters.